The Balaban J connectivity index is 0. The summed E-state index contributed by atoms with van der Waals surface area (Å²) in [6, 6.07) is 0. The molecule has 4 nitrogen and oxygen atoms in total. The van der Waals surface area contributed by atoms with Crippen molar-refractivity contribution in [1.82, 2.24) is 5.32 Å². The minimum Gasteiger partial charge on any atom is -0.356 e. The second kappa shape index (κ2) is 7.91. The summed E-state index contributed by atoms with van der Waals surface area (Å²) in [6.07, 6.45) is 0.888. The SMILES string of the molecule is CCNC(=O)C(C)(C)CC.O=S=O. The largest absolute Gasteiger partial charge is 0.356 e. The molecule has 78 valence electrons. The van der Waals surface area contributed by atoms with Crippen LogP contribution < -0.4 is 5.32 Å². The van der Waals surface area contributed by atoms with E-state index in [1.165, 1.54) is 0 Å². The summed E-state index contributed by atoms with van der Waals surface area (Å²) in [5.41, 5.74) is -0.198. The van der Waals surface area contributed by atoms with Crippen LogP contribution in [0.3, 0.4) is 0 Å². The number of amides is 1. The molecule has 0 aliphatic rings. The van der Waals surface area contributed by atoms with Gasteiger partial charge in [0.05, 0.1) is 0 Å². The van der Waals surface area contributed by atoms with Gasteiger partial charge in [0.2, 0.25) is 5.91 Å². The van der Waals surface area contributed by atoms with E-state index in [9.17, 15) is 4.79 Å². The lowest BCUT2D eigenvalue weighted by atomic mass is 9.89. The lowest BCUT2D eigenvalue weighted by Gasteiger charge is -2.20. The van der Waals surface area contributed by atoms with Gasteiger partial charge in [-0.2, -0.15) is 8.42 Å². The Morgan fingerprint density at radius 2 is 1.69 bits per heavy atom. The van der Waals surface area contributed by atoms with Crippen molar-refractivity contribution in [3.05, 3.63) is 0 Å². The van der Waals surface area contributed by atoms with Gasteiger partial charge < -0.3 is 5.32 Å². The van der Waals surface area contributed by atoms with Gasteiger partial charge in [-0.1, -0.05) is 20.8 Å². The Labute approximate surface area is 82.7 Å². The van der Waals surface area contributed by atoms with Crippen LogP contribution >= 0.6 is 0 Å². The molecule has 0 rings (SSSR count). The van der Waals surface area contributed by atoms with E-state index in [0.29, 0.717) is 0 Å². The maximum Gasteiger partial charge on any atom is 0.335 e. The molecule has 0 unspecified atom stereocenters. The maximum atomic E-state index is 11.2. The third-order valence-electron chi connectivity index (χ3n) is 1.84. The van der Waals surface area contributed by atoms with E-state index in [4.69, 9.17) is 8.42 Å². The van der Waals surface area contributed by atoms with Crippen LogP contribution in [0.1, 0.15) is 34.1 Å². The van der Waals surface area contributed by atoms with Crippen molar-refractivity contribution in [2.75, 3.05) is 6.54 Å². The second-order valence-electron chi connectivity index (χ2n) is 3.16. The van der Waals surface area contributed by atoms with E-state index in [2.05, 4.69) is 5.32 Å². The fraction of sp³-hybridized carbons (Fsp3) is 0.875. The fourth-order valence-electron chi connectivity index (χ4n) is 0.560. The maximum absolute atomic E-state index is 11.2. The topological polar surface area (TPSA) is 63.2 Å². The molecule has 5 heteroatoms. The molecule has 0 aromatic carbocycles. The van der Waals surface area contributed by atoms with Crippen LogP contribution in [0.5, 0.6) is 0 Å². The first-order chi connectivity index (χ1) is 5.96. The van der Waals surface area contributed by atoms with Crippen molar-refractivity contribution in [1.29, 1.82) is 0 Å². The summed E-state index contributed by atoms with van der Waals surface area (Å²) in [7, 11) is 0. The lowest BCUT2D eigenvalue weighted by molar-refractivity contribution is -0.129. The number of hydrogen-bond donors (Lipinski definition) is 1. The molecule has 0 bridgehead atoms. The Bertz CT molecular complexity index is 186. The van der Waals surface area contributed by atoms with Crippen molar-refractivity contribution < 1.29 is 13.2 Å². The first-order valence-electron chi connectivity index (χ1n) is 4.16. The number of rotatable bonds is 3. The molecule has 0 spiro atoms. The van der Waals surface area contributed by atoms with Crippen molar-refractivity contribution in [3.63, 3.8) is 0 Å². The molecule has 0 aliphatic heterocycles. The van der Waals surface area contributed by atoms with Gasteiger partial charge in [0.1, 0.15) is 0 Å². The zero-order chi connectivity index (χ0) is 10.9. The van der Waals surface area contributed by atoms with Crippen molar-refractivity contribution in [3.8, 4) is 0 Å². The Hall–Kier alpha value is -0.710. The van der Waals surface area contributed by atoms with Crippen LogP contribution in [0.25, 0.3) is 0 Å². The van der Waals surface area contributed by atoms with E-state index < -0.39 is 11.6 Å². The number of carbonyl (C=O) groups excluding carboxylic acids is 1. The molecule has 0 radical (unpaired) electrons. The van der Waals surface area contributed by atoms with Crippen molar-refractivity contribution >= 4 is 17.5 Å². The quantitative estimate of drug-likeness (QED) is 0.747. The molecule has 0 atom stereocenters. The predicted octanol–water partition coefficient (Wildman–Crippen LogP) is 0.889. The minimum absolute atomic E-state index is 0.150. The molecular formula is C8H17NO3S. The molecule has 0 heterocycles. The van der Waals surface area contributed by atoms with Gasteiger partial charge in [0.15, 0.2) is 0 Å². The first-order valence-corrected chi connectivity index (χ1v) is 4.83. The molecule has 1 amide bonds. The summed E-state index contributed by atoms with van der Waals surface area (Å²) < 4.78 is 16.6. The second-order valence-corrected chi connectivity index (χ2v) is 3.30. The predicted molar refractivity (Wildman–Crippen MR) is 51.7 cm³/mol. The third kappa shape index (κ3) is 7.64. The zero-order valence-electron chi connectivity index (χ0n) is 8.55. The first kappa shape index (κ1) is 14.8. The van der Waals surface area contributed by atoms with Gasteiger partial charge in [-0.15, -0.1) is 0 Å². The highest BCUT2D eigenvalue weighted by atomic mass is 32.1. The summed E-state index contributed by atoms with van der Waals surface area (Å²) >= 11 is -0.750. The van der Waals surface area contributed by atoms with Crippen LogP contribution in [-0.2, 0) is 16.4 Å². The van der Waals surface area contributed by atoms with Gasteiger partial charge >= 0.3 is 11.6 Å². The molecular weight excluding hydrogens is 190 g/mol. The molecule has 1 N–H and O–H groups in total. The molecule has 0 saturated heterocycles. The number of hydrogen-bond acceptors (Lipinski definition) is 3. The Kier molecular flexibility index (Phi) is 9.01. The van der Waals surface area contributed by atoms with E-state index in [1.807, 2.05) is 27.7 Å². The summed E-state index contributed by atoms with van der Waals surface area (Å²) in [6.45, 7) is 8.59. The smallest absolute Gasteiger partial charge is 0.335 e. The summed E-state index contributed by atoms with van der Waals surface area (Å²) in [5.74, 6) is 0.150. The highest BCUT2D eigenvalue weighted by Crippen LogP contribution is 2.18. The zero-order valence-corrected chi connectivity index (χ0v) is 9.36. The number of carbonyl (C=O) groups is 1. The van der Waals surface area contributed by atoms with Crippen LogP contribution in [-0.4, -0.2) is 20.9 Å². The van der Waals surface area contributed by atoms with Gasteiger partial charge in [-0.3, -0.25) is 4.79 Å². The van der Waals surface area contributed by atoms with Crippen molar-refractivity contribution in [2.24, 2.45) is 5.41 Å². The Morgan fingerprint density at radius 3 is 1.92 bits per heavy atom. The average molecular weight is 207 g/mol. The minimum atomic E-state index is -0.750. The van der Waals surface area contributed by atoms with E-state index in [0.717, 1.165) is 13.0 Å². The third-order valence-corrected chi connectivity index (χ3v) is 1.84. The van der Waals surface area contributed by atoms with Gasteiger partial charge in [0, 0.05) is 12.0 Å². The molecule has 0 saturated carbocycles. The highest BCUT2D eigenvalue weighted by Gasteiger charge is 2.23. The van der Waals surface area contributed by atoms with Crippen LogP contribution in [0.15, 0.2) is 0 Å². The molecule has 0 aromatic heterocycles. The Morgan fingerprint density at radius 1 is 1.31 bits per heavy atom. The molecule has 0 aromatic rings. The van der Waals surface area contributed by atoms with Gasteiger partial charge in [-0.25, -0.2) is 0 Å². The molecule has 0 fully saturated rings. The van der Waals surface area contributed by atoms with Crippen LogP contribution in [0.4, 0.5) is 0 Å². The highest BCUT2D eigenvalue weighted by molar-refractivity contribution is 7.51. The molecule has 0 aliphatic carbocycles. The summed E-state index contributed by atoms with van der Waals surface area (Å²) in [5, 5.41) is 2.80. The normalized spacial score (nSPS) is 9.54. The monoisotopic (exact) mass is 207 g/mol. The van der Waals surface area contributed by atoms with E-state index in [-0.39, 0.29) is 11.3 Å². The van der Waals surface area contributed by atoms with Crippen molar-refractivity contribution in [2.45, 2.75) is 34.1 Å². The van der Waals surface area contributed by atoms with Crippen LogP contribution in [0, 0.1) is 5.41 Å². The lowest BCUT2D eigenvalue weighted by Crippen LogP contribution is -2.36. The van der Waals surface area contributed by atoms with E-state index in [1.54, 1.807) is 0 Å². The molecule has 13 heavy (non-hydrogen) atoms. The van der Waals surface area contributed by atoms with Gasteiger partial charge in [-0.05, 0) is 13.3 Å². The average Bonchev–Trinajstić information content (AvgIpc) is 2.06. The summed E-state index contributed by atoms with van der Waals surface area (Å²) in [4.78, 5) is 11.2. The van der Waals surface area contributed by atoms with E-state index >= 15 is 0 Å². The van der Waals surface area contributed by atoms with Crippen LogP contribution in [0.2, 0.25) is 0 Å². The fourth-order valence-corrected chi connectivity index (χ4v) is 0.560. The number of nitrogens with one attached hydrogen (secondary N) is 1. The standard InChI is InChI=1S/C8H17NO.O2S/c1-5-8(3,4)7(10)9-6-2;1-3-2/h5-6H2,1-4H3,(H,9,10);. The van der Waals surface area contributed by atoms with Gasteiger partial charge in [0.25, 0.3) is 0 Å².